The summed E-state index contributed by atoms with van der Waals surface area (Å²) in [5, 5.41) is 0. The molecule has 0 heterocycles. The summed E-state index contributed by atoms with van der Waals surface area (Å²) in [4.78, 5) is 22.5. The van der Waals surface area contributed by atoms with Crippen molar-refractivity contribution in [2.75, 3.05) is 0 Å². The first-order chi connectivity index (χ1) is 18.0. The van der Waals surface area contributed by atoms with Gasteiger partial charge in [-0.15, -0.1) is 0 Å². The van der Waals surface area contributed by atoms with Crippen molar-refractivity contribution in [3.05, 3.63) is 12.2 Å². The minimum atomic E-state index is -7.86. The molecule has 0 amide bonds. The van der Waals surface area contributed by atoms with Crippen molar-refractivity contribution in [2.45, 2.75) is 70.9 Å². The fourth-order valence-corrected chi connectivity index (χ4v) is 3.12. The van der Waals surface area contributed by atoms with Crippen LogP contribution in [-0.2, 0) is 19.1 Å². The third-order valence-electron chi connectivity index (χ3n) is 5.61. The number of ether oxygens (including phenoxy) is 2. The second-order valence-electron chi connectivity index (χ2n) is 8.11. The molecule has 0 saturated heterocycles. The Bertz CT molecular complexity index is 1030. The molecule has 2 rings (SSSR count). The molecule has 2 fully saturated rings. The summed E-state index contributed by atoms with van der Waals surface area (Å²) < 4.78 is 301. The summed E-state index contributed by atoms with van der Waals surface area (Å²) in [6.45, 7) is 0. The maximum Gasteiger partial charge on any atom is 0.391 e. The van der Waals surface area contributed by atoms with Crippen molar-refractivity contribution >= 4 is 11.9 Å². The first-order valence-electron chi connectivity index (χ1n) is 9.29. The summed E-state index contributed by atoms with van der Waals surface area (Å²) in [7, 11) is 0. The van der Waals surface area contributed by atoms with Crippen molar-refractivity contribution < 1.29 is 116 Å². The van der Waals surface area contributed by atoms with Gasteiger partial charge in [0.05, 0.1) is 0 Å². The Morgan fingerprint density at radius 1 is 0.310 bits per heavy atom. The fraction of sp³-hybridized carbons (Fsp3) is 0.750. The molecule has 0 atom stereocenters. The molecule has 2 saturated carbocycles. The predicted molar refractivity (Wildman–Crippen MR) is 78.5 cm³/mol. The van der Waals surface area contributed by atoms with Crippen molar-refractivity contribution in [2.24, 2.45) is 0 Å². The Labute approximate surface area is 212 Å². The molecule has 4 nitrogen and oxygen atoms in total. The smallest absolute Gasteiger partial charge is 0.391 e. The molecule has 2 aliphatic rings. The van der Waals surface area contributed by atoms with Gasteiger partial charge in [0.2, 0.25) is 0 Å². The van der Waals surface area contributed by atoms with Crippen LogP contribution in [0.2, 0.25) is 0 Å². The van der Waals surface area contributed by atoms with Crippen molar-refractivity contribution in [3.63, 3.8) is 0 Å². The monoisotopic (exact) mass is 676 g/mol. The van der Waals surface area contributed by atoms with Crippen molar-refractivity contribution in [1.82, 2.24) is 0 Å². The quantitative estimate of drug-likeness (QED) is 0.198. The number of carbonyl (C=O) groups excluding carboxylic acids is 2. The highest BCUT2D eigenvalue weighted by Gasteiger charge is 3.04. The third-order valence-corrected chi connectivity index (χ3v) is 5.61. The molecular weight excluding hydrogens is 674 g/mol. The number of halogens is 22. The number of hydrogen-bond donors (Lipinski definition) is 0. The average Bonchev–Trinajstić information content (AvgIpc) is 2.79. The normalized spacial score (nSPS) is 31.1. The molecule has 0 N–H and O–H groups in total. The SMILES string of the molecule is O=C(C=CC(=O)OC1(F)C(F)(F)C(F)(F)C(F)(F)C(F)(F)C1(F)F)OC1(F)C(F)(F)C(F)(F)C(F)(F)C(F)(F)C1(F)F. The van der Waals surface area contributed by atoms with E-state index in [-0.39, 0.29) is 0 Å². The van der Waals surface area contributed by atoms with E-state index in [4.69, 9.17) is 0 Å². The lowest BCUT2D eigenvalue weighted by atomic mass is 9.78. The number of esters is 2. The Morgan fingerprint density at radius 2 is 0.452 bits per heavy atom. The van der Waals surface area contributed by atoms with Gasteiger partial charge in [0.25, 0.3) is 0 Å². The number of hydrogen-bond acceptors (Lipinski definition) is 4. The van der Waals surface area contributed by atoms with E-state index >= 15 is 0 Å². The zero-order valence-corrected chi connectivity index (χ0v) is 18.1. The fourth-order valence-electron chi connectivity index (χ4n) is 3.12. The van der Waals surface area contributed by atoms with E-state index in [1.54, 1.807) is 0 Å². The Morgan fingerprint density at radius 3 is 0.619 bits per heavy atom. The van der Waals surface area contributed by atoms with E-state index in [1.165, 1.54) is 0 Å². The Hall–Kier alpha value is -2.86. The van der Waals surface area contributed by atoms with Gasteiger partial charge in [-0.05, 0) is 0 Å². The van der Waals surface area contributed by atoms with Gasteiger partial charge in [-0.2, -0.15) is 96.6 Å². The van der Waals surface area contributed by atoms with Crippen molar-refractivity contribution in [1.29, 1.82) is 0 Å². The Balaban J connectivity index is 2.49. The van der Waals surface area contributed by atoms with Crippen LogP contribution in [0.5, 0.6) is 0 Å². The molecule has 0 aromatic carbocycles. The maximum absolute atomic E-state index is 14.2. The third kappa shape index (κ3) is 3.36. The molecule has 42 heavy (non-hydrogen) atoms. The van der Waals surface area contributed by atoms with E-state index < -0.39 is 95.0 Å². The molecule has 0 radical (unpaired) electrons. The first-order valence-corrected chi connectivity index (χ1v) is 9.29. The summed E-state index contributed by atoms with van der Waals surface area (Å²) in [6, 6.07) is 0. The lowest BCUT2D eigenvalue weighted by Crippen LogP contribution is -2.84. The van der Waals surface area contributed by atoms with Crippen LogP contribution in [0.4, 0.5) is 96.6 Å². The molecule has 0 aromatic rings. The lowest BCUT2D eigenvalue weighted by Gasteiger charge is -2.51. The standard InChI is InChI=1S/C16H2F22O4/c17-5(18)7(21,22)11(29,30)15(37,12(31,32)8(5,23)24)41-3(39)1-2-4(40)42-16(38)13(33,34)9(25,26)6(19,20)10(27,28)14(16,35)36/h1-2H. The van der Waals surface area contributed by atoms with Crippen LogP contribution in [-0.4, -0.2) is 82.9 Å². The van der Waals surface area contributed by atoms with E-state index in [1.807, 2.05) is 0 Å². The van der Waals surface area contributed by atoms with E-state index in [9.17, 15) is 106 Å². The first kappa shape index (κ1) is 35.3. The topological polar surface area (TPSA) is 52.6 Å². The summed E-state index contributed by atoms with van der Waals surface area (Å²) in [5.41, 5.74) is 0. The highest BCUT2D eigenvalue weighted by atomic mass is 19.4. The second kappa shape index (κ2) is 8.40. The number of rotatable bonds is 4. The molecule has 0 aliphatic heterocycles. The largest absolute Gasteiger partial charge is 0.413 e. The predicted octanol–water partition coefficient (Wildman–Crippen LogP) is 6.34. The van der Waals surface area contributed by atoms with Gasteiger partial charge < -0.3 is 9.47 Å². The van der Waals surface area contributed by atoms with Gasteiger partial charge in [-0.3, -0.25) is 0 Å². The van der Waals surface area contributed by atoms with Gasteiger partial charge in [0, 0.05) is 12.2 Å². The molecule has 26 heteroatoms. The number of alkyl halides is 22. The van der Waals surface area contributed by atoms with Crippen LogP contribution in [0, 0.1) is 0 Å². The lowest BCUT2D eigenvalue weighted by molar-refractivity contribution is -0.517. The van der Waals surface area contributed by atoms with Gasteiger partial charge in [-0.25, -0.2) is 9.59 Å². The molecular formula is C16H2F22O4. The van der Waals surface area contributed by atoms with Gasteiger partial charge in [0.15, 0.2) is 0 Å². The number of carbonyl (C=O) groups is 2. The van der Waals surface area contributed by atoms with Gasteiger partial charge in [0.1, 0.15) is 0 Å². The molecule has 244 valence electrons. The van der Waals surface area contributed by atoms with Gasteiger partial charge in [-0.1, -0.05) is 0 Å². The van der Waals surface area contributed by atoms with Crippen LogP contribution < -0.4 is 0 Å². The molecule has 0 spiro atoms. The summed E-state index contributed by atoms with van der Waals surface area (Å²) in [5.74, 6) is -101. The van der Waals surface area contributed by atoms with Crippen LogP contribution in [0.15, 0.2) is 12.2 Å². The Kier molecular flexibility index (Phi) is 7.07. The van der Waals surface area contributed by atoms with Crippen LogP contribution in [0.25, 0.3) is 0 Å². The molecule has 0 unspecified atom stereocenters. The van der Waals surface area contributed by atoms with Crippen molar-refractivity contribution in [3.8, 4) is 0 Å². The average molecular weight is 676 g/mol. The van der Waals surface area contributed by atoms with Crippen LogP contribution >= 0.6 is 0 Å². The minimum absolute atomic E-state index is 1.49. The van der Waals surface area contributed by atoms with Crippen LogP contribution in [0.1, 0.15) is 0 Å². The zero-order chi connectivity index (χ0) is 34.0. The molecule has 2 aliphatic carbocycles. The van der Waals surface area contributed by atoms with Crippen LogP contribution in [0.3, 0.4) is 0 Å². The zero-order valence-electron chi connectivity index (χ0n) is 18.1. The molecule has 0 bridgehead atoms. The van der Waals surface area contributed by atoms with E-state index in [0.29, 0.717) is 0 Å². The second-order valence-corrected chi connectivity index (χ2v) is 8.11. The highest BCUT2D eigenvalue weighted by molar-refractivity contribution is 5.92. The maximum atomic E-state index is 14.2. The van der Waals surface area contributed by atoms with E-state index in [0.717, 1.165) is 0 Å². The van der Waals surface area contributed by atoms with E-state index in [2.05, 4.69) is 9.47 Å². The minimum Gasteiger partial charge on any atom is -0.413 e. The molecule has 0 aromatic heterocycles. The summed E-state index contributed by atoms with van der Waals surface area (Å²) >= 11 is 0. The highest BCUT2D eigenvalue weighted by Crippen LogP contribution is 2.71. The summed E-state index contributed by atoms with van der Waals surface area (Å²) in [6.07, 6.45) is -2.99. The van der Waals surface area contributed by atoms with Gasteiger partial charge >= 0.3 is 82.9 Å².